The summed E-state index contributed by atoms with van der Waals surface area (Å²) in [7, 11) is 0. The van der Waals surface area contributed by atoms with Crippen molar-refractivity contribution in [2.45, 2.75) is 19.2 Å². The topological polar surface area (TPSA) is 26.3 Å². The van der Waals surface area contributed by atoms with Crippen molar-refractivity contribution >= 4 is 33.3 Å². The Bertz CT molecular complexity index is 366. The van der Waals surface area contributed by atoms with Gasteiger partial charge in [-0.25, -0.2) is 0 Å². The third-order valence-corrected chi connectivity index (χ3v) is 2.98. The molecule has 16 heavy (non-hydrogen) atoms. The fourth-order valence-corrected chi connectivity index (χ4v) is 1.79. The minimum absolute atomic E-state index is 0.147. The minimum Gasteiger partial charge on any atom is -0.494 e. The molecule has 0 radical (unpaired) electrons. The molecule has 0 atom stereocenters. The fourth-order valence-electron chi connectivity index (χ4n) is 1.43. The number of hydrogen-bond donors (Lipinski definition) is 0. The Hall–Kier alpha value is -0.540. The van der Waals surface area contributed by atoms with Crippen LogP contribution < -0.4 is 4.74 Å². The molecule has 0 saturated carbocycles. The van der Waals surface area contributed by atoms with E-state index in [4.69, 9.17) is 16.3 Å². The zero-order valence-corrected chi connectivity index (χ0v) is 11.5. The van der Waals surface area contributed by atoms with Crippen molar-refractivity contribution in [3.8, 4) is 5.75 Å². The van der Waals surface area contributed by atoms with Crippen LogP contribution in [0, 0.1) is 0 Å². The van der Waals surface area contributed by atoms with Gasteiger partial charge < -0.3 is 4.74 Å². The van der Waals surface area contributed by atoms with Crippen LogP contribution in [0.2, 0.25) is 0 Å². The molecule has 0 amide bonds. The average Bonchev–Trinajstić information content (AvgIpc) is 2.29. The van der Waals surface area contributed by atoms with E-state index < -0.39 is 0 Å². The molecule has 2 nitrogen and oxygen atoms in total. The minimum atomic E-state index is 0.147. The molecule has 1 rings (SSSR count). The van der Waals surface area contributed by atoms with Gasteiger partial charge in [-0.15, -0.1) is 11.6 Å². The summed E-state index contributed by atoms with van der Waals surface area (Å²) in [5.74, 6) is 1.35. The molecule has 0 heterocycles. The van der Waals surface area contributed by atoms with Gasteiger partial charge in [0, 0.05) is 12.3 Å². The summed E-state index contributed by atoms with van der Waals surface area (Å²) < 4.78 is 5.42. The number of hydrogen-bond acceptors (Lipinski definition) is 2. The lowest BCUT2D eigenvalue weighted by molar-refractivity contribution is -0.115. The number of ether oxygens (including phenoxy) is 1. The molecule has 88 valence electrons. The number of Topliss-reactive ketones (excluding diaryl/α,β-unsaturated/α-hetero) is 1. The van der Waals surface area contributed by atoms with E-state index in [0.717, 1.165) is 16.9 Å². The lowest BCUT2D eigenvalue weighted by Crippen LogP contribution is -2.04. The summed E-state index contributed by atoms with van der Waals surface area (Å²) in [5.41, 5.74) is 1.93. The summed E-state index contributed by atoms with van der Waals surface area (Å²) in [6.45, 7) is 2.54. The molecule has 0 aromatic heterocycles. The van der Waals surface area contributed by atoms with Crippen LogP contribution in [-0.2, 0) is 17.1 Å². The van der Waals surface area contributed by atoms with Crippen molar-refractivity contribution in [1.82, 2.24) is 0 Å². The molecule has 0 aliphatic heterocycles. The van der Waals surface area contributed by atoms with Gasteiger partial charge in [0.05, 0.1) is 11.9 Å². The van der Waals surface area contributed by atoms with Crippen LogP contribution in [-0.4, -0.2) is 17.7 Å². The van der Waals surface area contributed by atoms with Crippen molar-refractivity contribution in [1.29, 1.82) is 0 Å². The molecular weight excluding hydrogens is 291 g/mol. The van der Waals surface area contributed by atoms with E-state index >= 15 is 0 Å². The molecule has 0 N–H and O–H groups in total. The van der Waals surface area contributed by atoms with E-state index in [9.17, 15) is 4.79 Å². The second kappa shape index (κ2) is 6.92. The zero-order valence-electron chi connectivity index (χ0n) is 9.13. The highest BCUT2D eigenvalue weighted by Gasteiger charge is 2.05. The Labute approximate surface area is 109 Å². The quantitative estimate of drug-likeness (QED) is 0.754. The summed E-state index contributed by atoms with van der Waals surface area (Å²) in [6.07, 6.45) is 0.413. The Balaban J connectivity index is 2.90. The number of carbonyl (C=O) groups excluding carboxylic acids is 1. The summed E-state index contributed by atoms with van der Waals surface area (Å²) >= 11 is 8.94. The van der Waals surface area contributed by atoms with E-state index in [1.54, 1.807) is 0 Å². The van der Waals surface area contributed by atoms with Crippen molar-refractivity contribution < 1.29 is 9.53 Å². The van der Waals surface area contributed by atoms with Crippen LogP contribution in [0.3, 0.4) is 0 Å². The van der Waals surface area contributed by atoms with Crippen molar-refractivity contribution in [2.24, 2.45) is 0 Å². The van der Waals surface area contributed by atoms with E-state index in [-0.39, 0.29) is 5.78 Å². The molecular formula is C12H14BrClO2. The maximum absolute atomic E-state index is 11.3. The average molecular weight is 306 g/mol. The molecule has 0 spiro atoms. The van der Waals surface area contributed by atoms with Crippen LogP contribution in [0.4, 0.5) is 0 Å². The van der Waals surface area contributed by atoms with Gasteiger partial charge in [-0.3, -0.25) is 4.79 Å². The molecule has 0 saturated heterocycles. The van der Waals surface area contributed by atoms with Gasteiger partial charge in [0.15, 0.2) is 0 Å². The first-order valence-corrected chi connectivity index (χ1v) is 6.74. The normalized spacial score (nSPS) is 10.2. The number of rotatable bonds is 6. The first kappa shape index (κ1) is 13.5. The molecule has 0 aliphatic rings. The lowest BCUT2D eigenvalue weighted by Gasteiger charge is -2.08. The van der Waals surface area contributed by atoms with E-state index in [1.807, 2.05) is 25.1 Å². The lowest BCUT2D eigenvalue weighted by atomic mass is 10.1. The van der Waals surface area contributed by atoms with Crippen molar-refractivity contribution in [3.05, 3.63) is 29.3 Å². The Morgan fingerprint density at radius 1 is 1.38 bits per heavy atom. The molecule has 1 aromatic carbocycles. The first-order valence-electron chi connectivity index (χ1n) is 5.08. The molecule has 4 heteroatoms. The smallest absolute Gasteiger partial charge is 0.147 e. The summed E-state index contributed by atoms with van der Waals surface area (Å²) in [4.78, 5) is 11.3. The van der Waals surface area contributed by atoms with Gasteiger partial charge in [0.1, 0.15) is 11.5 Å². The Morgan fingerprint density at radius 2 is 2.06 bits per heavy atom. The first-order chi connectivity index (χ1) is 7.69. The number of benzene rings is 1. The maximum atomic E-state index is 11.3. The fraction of sp³-hybridized carbons (Fsp3) is 0.417. The van der Waals surface area contributed by atoms with E-state index in [0.29, 0.717) is 24.2 Å². The van der Waals surface area contributed by atoms with Crippen LogP contribution in [0.1, 0.15) is 18.1 Å². The van der Waals surface area contributed by atoms with Crippen molar-refractivity contribution in [2.75, 3.05) is 11.9 Å². The van der Waals surface area contributed by atoms with Gasteiger partial charge in [0.2, 0.25) is 0 Å². The molecule has 0 fully saturated rings. The third-order valence-electron chi connectivity index (χ3n) is 2.04. The highest BCUT2D eigenvalue weighted by Crippen LogP contribution is 2.19. The third kappa shape index (κ3) is 4.14. The van der Waals surface area contributed by atoms with Gasteiger partial charge in [-0.2, -0.15) is 0 Å². The number of halogens is 2. The van der Waals surface area contributed by atoms with E-state index in [2.05, 4.69) is 15.9 Å². The largest absolute Gasteiger partial charge is 0.494 e. The van der Waals surface area contributed by atoms with Crippen LogP contribution in [0.15, 0.2) is 18.2 Å². The van der Waals surface area contributed by atoms with Crippen LogP contribution in [0.25, 0.3) is 0 Å². The highest BCUT2D eigenvalue weighted by atomic mass is 79.9. The van der Waals surface area contributed by atoms with Gasteiger partial charge >= 0.3 is 0 Å². The number of carbonyl (C=O) groups is 1. The molecule has 0 unspecified atom stereocenters. The highest BCUT2D eigenvalue weighted by molar-refractivity contribution is 9.09. The second-order valence-electron chi connectivity index (χ2n) is 3.40. The van der Waals surface area contributed by atoms with Crippen LogP contribution >= 0.6 is 27.5 Å². The van der Waals surface area contributed by atoms with Crippen molar-refractivity contribution in [3.63, 3.8) is 0 Å². The predicted octanol–water partition coefficient (Wildman–Crippen LogP) is 3.33. The number of ketones is 1. The van der Waals surface area contributed by atoms with Crippen LogP contribution in [0.5, 0.6) is 5.75 Å². The zero-order chi connectivity index (χ0) is 12.0. The summed E-state index contributed by atoms with van der Waals surface area (Å²) in [5, 5.41) is 0.377. The SMILES string of the molecule is CCOc1cc(CCl)cc(CC(=O)CBr)c1. The monoisotopic (exact) mass is 304 g/mol. The molecule has 0 aliphatic carbocycles. The number of alkyl halides is 2. The Kier molecular flexibility index (Phi) is 5.85. The van der Waals surface area contributed by atoms with E-state index in [1.165, 1.54) is 0 Å². The maximum Gasteiger partial charge on any atom is 0.147 e. The molecule has 0 bridgehead atoms. The Morgan fingerprint density at radius 3 is 2.62 bits per heavy atom. The van der Waals surface area contributed by atoms with Gasteiger partial charge in [0.25, 0.3) is 0 Å². The van der Waals surface area contributed by atoms with Gasteiger partial charge in [-0.05, 0) is 30.2 Å². The van der Waals surface area contributed by atoms with Gasteiger partial charge in [-0.1, -0.05) is 22.0 Å². The standard InChI is InChI=1S/C12H14BrClO2/c1-2-16-12-5-9(4-11(15)7-13)3-10(6-12)8-14/h3,5-6H,2,4,7-8H2,1H3. The summed E-state index contributed by atoms with van der Waals surface area (Å²) in [6, 6.07) is 5.73. The second-order valence-corrected chi connectivity index (χ2v) is 4.23. The molecule has 1 aromatic rings. The predicted molar refractivity (Wildman–Crippen MR) is 69.7 cm³/mol.